The van der Waals surface area contributed by atoms with E-state index in [2.05, 4.69) is 0 Å². The van der Waals surface area contributed by atoms with E-state index in [4.69, 9.17) is 17.0 Å². The summed E-state index contributed by atoms with van der Waals surface area (Å²) in [5.41, 5.74) is 1.13. The highest BCUT2D eigenvalue weighted by atomic mass is 32.2. The Morgan fingerprint density at radius 1 is 1.24 bits per heavy atom. The van der Waals surface area contributed by atoms with E-state index in [1.807, 2.05) is 12.1 Å². The third kappa shape index (κ3) is 3.54. The number of anilines is 1. The third-order valence-electron chi connectivity index (χ3n) is 3.51. The molecule has 0 bridgehead atoms. The zero-order chi connectivity index (χ0) is 18.0. The largest absolute Gasteiger partial charge is 0.497 e. The number of nitro groups is 1. The molecule has 2 aromatic rings. The molecule has 0 unspecified atom stereocenters. The number of hydrogen-bond donors (Lipinski definition) is 0. The molecule has 1 saturated heterocycles. The number of rotatable bonds is 4. The Morgan fingerprint density at radius 2 is 1.96 bits per heavy atom. The lowest BCUT2D eigenvalue weighted by Crippen LogP contribution is -2.27. The molecule has 3 rings (SSSR count). The molecule has 0 spiro atoms. The minimum Gasteiger partial charge on any atom is -0.497 e. The highest BCUT2D eigenvalue weighted by molar-refractivity contribution is 8.27. The average Bonchev–Trinajstić information content (AvgIpc) is 2.89. The topological polar surface area (TPSA) is 72.7 Å². The van der Waals surface area contributed by atoms with Crippen molar-refractivity contribution in [1.29, 1.82) is 0 Å². The van der Waals surface area contributed by atoms with Crippen LogP contribution in [0, 0.1) is 10.1 Å². The molecule has 1 amide bonds. The summed E-state index contributed by atoms with van der Waals surface area (Å²) >= 11 is 6.44. The number of non-ortho nitro benzene ring substituents is 1. The Bertz CT molecular complexity index is 894. The fourth-order valence-electron chi connectivity index (χ4n) is 2.29. The molecule has 6 nitrogen and oxygen atoms in total. The zero-order valence-electron chi connectivity index (χ0n) is 13.0. The van der Waals surface area contributed by atoms with Crippen LogP contribution in [0.5, 0.6) is 5.75 Å². The summed E-state index contributed by atoms with van der Waals surface area (Å²) in [6.07, 6.45) is 1.73. The van der Waals surface area contributed by atoms with Crippen molar-refractivity contribution in [2.45, 2.75) is 0 Å². The average molecular weight is 372 g/mol. The van der Waals surface area contributed by atoms with Gasteiger partial charge < -0.3 is 4.74 Å². The predicted molar refractivity (Wildman–Crippen MR) is 102 cm³/mol. The normalized spacial score (nSPS) is 15.7. The monoisotopic (exact) mass is 372 g/mol. The van der Waals surface area contributed by atoms with Gasteiger partial charge in [0.05, 0.1) is 22.6 Å². The molecule has 0 aromatic heterocycles. The van der Waals surface area contributed by atoms with Crippen molar-refractivity contribution < 1.29 is 14.5 Å². The van der Waals surface area contributed by atoms with E-state index in [0.717, 1.165) is 23.1 Å². The zero-order valence-corrected chi connectivity index (χ0v) is 14.7. The highest BCUT2D eigenvalue weighted by Gasteiger charge is 2.33. The number of ether oxygens (including phenoxy) is 1. The van der Waals surface area contributed by atoms with Gasteiger partial charge in [-0.3, -0.25) is 19.8 Å². The SMILES string of the molecule is COc1ccc(/C=C2\SC(=S)N(c3cccc([N+](=O)[O-])c3)C2=O)cc1. The summed E-state index contributed by atoms with van der Waals surface area (Å²) in [5.74, 6) is 0.424. The molecule has 0 aliphatic carbocycles. The van der Waals surface area contributed by atoms with Crippen molar-refractivity contribution in [1.82, 2.24) is 0 Å². The Morgan fingerprint density at radius 3 is 2.60 bits per heavy atom. The summed E-state index contributed by atoms with van der Waals surface area (Å²) in [5, 5.41) is 10.9. The van der Waals surface area contributed by atoms with Crippen LogP contribution in [-0.4, -0.2) is 22.3 Å². The molecule has 126 valence electrons. The van der Waals surface area contributed by atoms with Gasteiger partial charge >= 0.3 is 0 Å². The number of thioether (sulfide) groups is 1. The molecule has 1 aliphatic rings. The predicted octanol–water partition coefficient (Wildman–Crippen LogP) is 4.01. The van der Waals surface area contributed by atoms with E-state index in [1.165, 1.54) is 23.1 Å². The standard InChI is InChI=1S/C17H12N2O4S2/c1-23-14-7-5-11(6-8-14)9-15-16(20)18(17(24)25-15)12-3-2-4-13(10-12)19(21)22/h2-10H,1H3/b15-9-. The summed E-state index contributed by atoms with van der Waals surface area (Å²) in [6.45, 7) is 0. The lowest BCUT2D eigenvalue weighted by Gasteiger charge is -2.13. The van der Waals surface area contributed by atoms with E-state index in [1.54, 1.807) is 31.4 Å². The molecule has 2 aromatic carbocycles. The lowest BCUT2D eigenvalue weighted by atomic mass is 10.2. The number of hydrogen-bond acceptors (Lipinski definition) is 6. The maximum Gasteiger partial charge on any atom is 0.271 e. The summed E-state index contributed by atoms with van der Waals surface area (Å²) in [6, 6.07) is 13.1. The second kappa shape index (κ2) is 7.04. The number of amides is 1. The van der Waals surface area contributed by atoms with Gasteiger partial charge in [-0.05, 0) is 29.8 Å². The maximum absolute atomic E-state index is 12.7. The van der Waals surface area contributed by atoms with Crippen molar-refractivity contribution in [3.63, 3.8) is 0 Å². The number of nitro benzene ring substituents is 1. The summed E-state index contributed by atoms with van der Waals surface area (Å²) < 4.78 is 5.44. The van der Waals surface area contributed by atoms with E-state index in [0.29, 0.717) is 14.9 Å². The Labute approximate surface area is 153 Å². The van der Waals surface area contributed by atoms with Crippen LogP contribution in [-0.2, 0) is 4.79 Å². The highest BCUT2D eigenvalue weighted by Crippen LogP contribution is 2.37. The van der Waals surface area contributed by atoms with Gasteiger partial charge in [0, 0.05) is 12.1 Å². The van der Waals surface area contributed by atoms with Gasteiger partial charge in [-0.25, -0.2) is 0 Å². The van der Waals surface area contributed by atoms with E-state index >= 15 is 0 Å². The molecule has 0 radical (unpaired) electrons. The number of thiocarbonyl (C=S) groups is 1. The first-order chi connectivity index (χ1) is 12.0. The van der Waals surface area contributed by atoms with Gasteiger partial charge in [0.25, 0.3) is 11.6 Å². The smallest absolute Gasteiger partial charge is 0.271 e. The van der Waals surface area contributed by atoms with Crippen LogP contribution in [0.4, 0.5) is 11.4 Å². The Hall–Kier alpha value is -2.71. The Kier molecular flexibility index (Phi) is 4.82. The fourth-order valence-corrected chi connectivity index (χ4v) is 3.59. The second-order valence-corrected chi connectivity index (χ2v) is 6.74. The number of benzene rings is 2. The van der Waals surface area contributed by atoms with Crippen LogP contribution in [0.2, 0.25) is 0 Å². The molecule has 1 heterocycles. The van der Waals surface area contributed by atoms with Gasteiger partial charge in [-0.15, -0.1) is 0 Å². The van der Waals surface area contributed by atoms with Crippen molar-refractivity contribution in [3.8, 4) is 5.75 Å². The van der Waals surface area contributed by atoms with Gasteiger partial charge in [-0.2, -0.15) is 0 Å². The fraction of sp³-hybridized carbons (Fsp3) is 0.0588. The van der Waals surface area contributed by atoms with E-state index in [9.17, 15) is 14.9 Å². The summed E-state index contributed by atoms with van der Waals surface area (Å²) in [4.78, 5) is 24.9. The van der Waals surface area contributed by atoms with Gasteiger partial charge in [0.2, 0.25) is 0 Å². The van der Waals surface area contributed by atoms with Crippen molar-refractivity contribution in [3.05, 3.63) is 69.1 Å². The van der Waals surface area contributed by atoms with E-state index < -0.39 is 4.92 Å². The van der Waals surface area contributed by atoms with Crippen LogP contribution >= 0.6 is 24.0 Å². The summed E-state index contributed by atoms with van der Waals surface area (Å²) in [7, 11) is 1.58. The molecule has 0 atom stereocenters. The molecule has 1 aliphatic heterocycles. The Balaban J connectivity index is 1.90. The quantitative estimate of drug-likeness (QED) is 0.349. The van der Waals surface area contributed by atoms with Crippen molar-refractivity contribution in [2.24, 2.45) is 0 Å². The van der Waals surface area contributed by atoms with Gasteiger partial charge in [-0.1, -0.05) is 42.2 Å². The number of nitrogens with zero attached hydrogens (tertiary/aromatic N) is 2. The van der Waals surface area contributed by atoms with Gasteiger partial charge in [0.1, 0.15) is 5.75 Å². The van der Waals surface area contributed by atoms with Crippen molar-refractivity contribution in [2.75, 3.05) is 12.0 Å². The number of carbonyl (C=O) groups is 1. The first kappa shape index (κ1) is 17.1. The molecule has 0 N–H and O–H groups in total. The maximum atomic E-state index is 12.7. The van der Waals surface area contributed by atoms with Crippen molar-refractivity contribution >= 4 is 51.7 Å². The number of methoxy groups -OCH3 is 1. The molecular formula is C17H12N2O4S2. The van der Waals surface area contributed by atoms with Crippen LogP contribution in [0.15, 0.2) is 53.4 Å². The minimum atomic E-state index is -0.506. The van der Waals surface area contributed by atoms with Crippen LogP contribution in [0.3, 0.4) is 0 Å². The van der Waals surface area contributed by atoms with Crippen LogP contribution in [0.1, 0.15) is 5.56 Å². The molecule has 8 heteroatoms. The molecule has 25 heavy (non-hydrogen) atoms. The molecule has 1 fully saturated rings. The first-order valence-corrected chi connectivity index (χ1v) is 8.38. The molecule has 0 saturated carbocycles. The van der Waals surface area contributed by atoms with Gasteiger partial charge in [0.15, 0.2) is 4.32 Å². The molecular weight excluding hydrogens is 360 g/mol. The van der Waals surface area contributed by atoms with Crippen LogP contribution in [0.25, 0.3) is 6.08 Å². The van der Waals surface area contributed by atoms with Crippen LogP contribution < -0.4 is 9.64 Å². The lowest BCUT2D eigenvalue weighted by molar-refractivity contribution is -0.384. The number of carbonyl (C=O) groups excluding carboxylic acids is 1. The minimum absolute atomic E-state index is 0.0920. The first-order valence-electron chi connectivity index (χ1n) is 7.16. The second-order valence-electron chi connectivity index (χ2n) is 5.07. The van der Waals surface area contributed by atoms with E-state index in [-0.39, 0.29) is 11.6 Å². The third-order valence-corrected chi connectivity index (χ3v) is 4.81.